The predicted molar refractivity (Wildman–Crippen MR) is 144 cm³/mol. The first kappa shape index (κ1) is 25.0. The highest BCUT2D eigenvalue weighted by Crippen LogP contribution is 2.32. The van der Waals surface area contributed by atoms with E-state index >= 15 is 0 Å². The van der Waals surface area contributed by atoms with E-state index in [-0.39, 0.29) is 11.6 Å². The van der Waals surface area contributed by atoms with Crippen LogP contribution in [0.2, 0.25) is 0 Å². The van der Waals surface area contributed by atoms with Crippen molar-refractivity contribution in [1.29, 1.82) is 0 Å². The maximum absolute atomic E-state index is 12.4. The number of thioether (sulfide) groups is 1. The first-order chi connectivity index (χ1) is 18.6. The zero-order chi connectivity index (χ0) is 26.3. The molecule has 0 unspecified atom stereocenters. The van der Waals surface area contributed by atoms with Gasteiger partial charge < -0.3 is 9.73 Å². The molecule has 3 aromatic carbocycles. The van der Waals surface area contributed by atoms with Crippen molar-refractivity contribution in [3.05, 3.63) is 130 Å². The highest BCUT2D eigenvalue weighted by atomic mass is 32.2. The van der Waals surface area contributed by atoms with E-state index in [9.17, 15) is 14.9 Å². The number of carbonyl (C=O) groups excluding carboxylic acids is 1. The standard InChI is InChI=1S/C28H23N5O4S/c34-27(29-17-23-9-6-16-37-23)22-14-12-21(13-15-22)19-38-28-31-30-26(24-10-4-5-11-25(24)33(35)36)32(28)18-20-7-2-1-3-8-20/h1-16H,17-19H2,(H,29,34). The minimum atomic E-state index is -0.407. The van der Waals surface area contributed by atoms with Crippen LogP contribution in [0.1, 0.15) is 27.2 Å². The first-order valence-electron chi connectivity index (χ1n) is 11.8. The van der Waals surface area contributed by atoms with Crippen LogP contribution < -0.4 is 5.32 Å². The number of aromatic nitrogens is 3. The molecule has 9 nitrogen and oxygen atoms in total. The fourth-order valence-corrected chi connectivity index (χ4v) is 4.80. The number of para-hydroxylation sites is 1. The van der Waals surface area contributed by atoms with Crippen molar-refractivity contribution >= 4 is 23.4 Å². The maximum atomic E-state index is 12.4. The number of benzene rings is 3. The number of nitro groups is 1. The second-order valence-corrected chi connectivity index (χ2v) is 9.34. The van der Waals surface area contributed by atoms with Gasteiger partial charge in [0.05, 0.1) is 29.8 Å². The van der Waals surface area contributed by atoms with E-state index in [0.717, 1.165) is 11.1 Å². The molecule has 0 atom stereocenters. The number of amides is 1. The molecule has 2 heterocycles. The largest absolute Gasteiger partial charge is 0.467 e. The van der Waals surface area contributed by atoms with Crippen LogP contribution in [0.5, 0.6) is 0 Å². The molecular formula is C28H23N5O4S. The molecule has 2 aromatic heterocycles. The van der Waals surface area contributed by atoms with Crippen LogP contribution >= 0.6 is 11.8 Å². The number of hydrogen-bond acceptors (Lipinski definition) is 7. The summed E-state index contributed by atoms with van der Waals surface area (Å²) in [6.07, 6.45) is 1.57. The number of carbonyl (C=O) groups is 1. The fourth-order valence-electron chi connectivity index (χ4n) is 3.91. The summed E-state index contributed by atoms with van der Waals surface area (Å²) in [7, 11) is 0. The topological polar surface area (TPSA) is 116 Å². The van der Waals surface area contributed by atoms with Gasteiger partial charge in [0.15, 0.2) is 11.0 Å². The quantitative estimate of drug-likeness (QED) is 0.141. The Kier molecular flexibility index (Phi) is 7.60. The molecule has 0 radical (unpaired) electrons. The lowest BCUT2D eigenvalue weighted by molar-refractivity contribution is -0.384. The Bertz CT molecular complexity index is 1530. The Morgan fingerprint density at radius 2 is 1.68 bits per heavy atom. The second kappa shape index (κ2) is 11.6. The minimum Gasteiger partial charge on any atom is -0.467 e. The molecule has 0 fully saturated rings. The summed E-state index contributed by atoms with van der Waals surface area (Å²) in [6.45, 7) is 0.786. The fraction of sp³-hybridized carbons (Fsp3) is 0.107. The number of hydrogen-bond donors (Lipinski definition) is 1. The monoisotopic (exact) mass is 525 g/mol. The molecule has 10 heteroatoms. The Hall–Kier alpha value is -4.70. The summed E-state index contributed by atoms with van der Waals surface area (Å²) in [4.78, 5) is 23.7. The zero-order valence-corrected chi connectivity index (χ0v) is 21.0. The lowest BCUT2D eigenvalue weighted by atomic mass is 10.1. The van der Waals surface area contributed by atoms with Gasteiger partial charge in [-0.2, -0.15) is 0 Å². The van der Waals surface area contributed by atoms with E-state index in [4.69, 9.17) is 4.42 Å². The van der Waals surface area contributed by atoms with Crippen molar-refractivity contribution in [3.63, 3.8) is 0 Å². The van der Waals surface area contributed by atoms with Gasteiger partial charge in [-0.1, -0.05) is 66.4 Å². The van der Waals surface area contributed by atoms with Gasteiger partial charge in [0.25, 0.3) is 11.6 Å². The second-order valence-electron chi connectivity index (χ2n) is 8.40. The smallest absolute Gasteiger partial charge is 0.280 e. The Balaban J connectivity index is 1.34. The van der Waals surface area contributed by atoms with E-state index in [0.29, 0.717) is 46.7 Å². The molecule has 0 bridgehead atoms. The Labute approximate surface area is 222 Å². The summed E-state index contributed by atoms with van der Waals surface area (Å²) in [5.41, 5.74) is 2.97. The third kappa shape index (κ3) is 5.81. The molecule has 1 amide bonds. The average molecular weight is 526 g/mol. The summed E-state index contributed by atoms with van der Waals surface area (Å²) in [5, 5.41) is 23.9. The van der Waals surface area contributed by atoms with Gasteiger partial charge in [0.2, 0.25) is 0 Å². The van der Waals surface area contributed by atoms with Crippen LogP contribution in [-0.2, 0) is 18.8 Å². The summed E-state index contributed by atoms with van der Waals surface area (Å²) >= 11 is 1.48. The van der Waals surface area contributed by atoms with Gasteiger partial charge >= 0.3 is 0 Å². The van der Waals surface area contributed by atoms with Crippen molar-refractivity contribution in [2.24, 2.45) is 0 Å². The van der Waals surface area contributed by atoms with Gasteiger partial charge in [-0.25, -0.2) is 0 Å². The third-order valence-electron chi connectivity index (χ3n) is 5.83. The SMILES string of the molecule is O=C(NCc1ccco1)c1ccc(CSc2nnc(-c3ccccc3[N+](=O)[O-])n2Cc2ccccc2)cc1. The van der Waals surface area contributed by atoms with Gasteiger partial charge in [-0.05, 0) is 41.5 Å². The van der Waals surface area contributed by atoms with E-state index in [1.54, 1.807) is 48.7 Å². The third-order valence-corrected chi connectivity index (χ3v) is 6.87. The number of rotatable bonds is 10. The van der Waals surface area contributed by atoms with Crippen molar-refractivity contribution in [2.75, 3.05) is 0 Å². The van der Waals surface area contributed by atoms with Crippen LogP contribution in [0.15, 0.2) is 107 Å². The van der Waals surface area contributed by atoms with E-state index in [1.807, 2.05) is 47.0 Å². The highest BCUT2D eigenvalue weighted by Gasteiger charge is 2.22. The van der Waals surface area contributed by atoms with Gasteiger partial charge in [0.1, 0.15) is 5.76 Å². The number of furan rings is 1. The minimum absolute atomic E-state index is 0.0216. The van der Waals surface area contributed by atoms with Crippen LogP contribution in [0.3, 0.4) is 0 Å². The lowest BCUT2D eigenvalue weighted by Gasteiger charge is -2.11. The first-order valence-corrected chi connectivity index (χ1v) is 12.8. The molecule has 0 saturated carbocycles. The van der Waals surface area contributed by atoms with Gasteiger partial charge in [-0.3, -0.25) is 19.5 Å². The van der Waals surface area contributed by atoms with Crippen molar-refractivity contribution in [1.82, 2.24) is 20.1 Å². The number of nitro benzene ring substituents is 1. The maximum Gasteiger partial charge on any atom is 0.280 e. The van der Waals surface area contributed by atoms with Crippen molar-refractivity contribution in [3.8, 4) is 11.4 Å². The summed E-state index contributed by atoms with van der Waals surface area (Å²) in [5.74, 6) is 1.52. The molecule has 38 heavy (non-hydrogen) atoms. The van der Waals surface area contributed by atoms with Crippen LogP contribution in [0, 0.1) is 10.1 Å². The molecule has 190 valence electrons. The van der Waals surface area contributed by atoms with Gasteiger partial charge in [-0.15, -0.1) is 10.2 Å². The molecule has 0 saturated heterocycles. The molecular weight excluding hydrogens is 502 g/mol. The molecule has 1 N–H and O–H groups in total. The van der Waals surface area contributed by atoms with E-state index < -0.39 is 4.92 Å². The molecule has 0 aliphatic heterocycles. The number of nitrogens with one attached hydrogen (secondary N) is 1. The Morgan fingerprint density at radius 1 is 0.921 bits per heavy atom. The zero-order valence-electron chi connectivity index (χ0n) is 20.2. The van der Waals surface area contributed by atoms with E-state index in [1.165, 1.54) is 17.8 Å². The molecule has 0 aliphatic carbocycles. The van der Waals surface area contributed by atoms with Crippen LogP contribution in [0.25, 0.3) is 11.4 Å². The predicted octanol–water partition coefficient (Wildman–Crippen LogP) is 5.72. The normalized spacial score (nSPS) is 10.8. The molecule has 0 aliphatic rings. The van der Waals surface area contributed by atoms with Crippen molar-refractivity contribution in [2.45, 2.75) is 24.0 Å². The van der Waals surface area contributed by atoms with Crippen molar-refractivity contribution < 1.29 is 14.1 Å². The lowest BCUT2D eigenvalue weighted by Crippen LogP contribution is -2.22. The average Bonchev–Trinajstić information content (AvgIpc) is 3.61. The molecule has 5 aromatic rings. The van der Waals surface area contributed by atoms with Crippen LogP contribution in [0.4, 0.5) is 5.69 Å². The van der Waals surface area contributed by atoms with Gasteiger partial charge in [0, 0.05) is 17.4 Å². The highest BCUT2D eigenvalue weighted by molar-refractivity contribution is 7.98. The van der Waals surface area contributed by atoms with E-state index in [2.05, 4.69) is 15.5 Å². The summed E-state index contributed by atoms with van der Waals surface area (Å²) < 4.78 is 7.15. The summed E-state index contributed by atoms with van der Waals surface area (Å²) in [6, 6.07) is 27.3. The van der Waals surface area contributed by atoms with Crippen LogP contribution in [-0.4, -0.2) is 25.6 Å². The molecule has 0 spiro atoms. The Morgan fingerprint density at radius 3 is 2.42 bits per heavy atom. The number of nitrogens with zero attached hydrogens (tertiary/aromatic N) is 4. The molecule has 5 rings (SSSR count).